The van der Waals surface area contributed by atoms with Crippen molar-refractivity contribution in [3.63, 3.8) is 0 Å². The van der Waals surface area contributed by atoms with Crippen LogP contribution in [-0.4, -0.2) is 53.5 Å². The van der Waals surface area contributed by atoms with E-state index in [1.807, 2.05) is 16.7 Å². The van der Waals surface area contributed by atoms with Gasteiger partial charge >= 0.3 is 6.03 Å². The molecular weight excluding hydrogens is 298 g/mol. The zero-order chi connectivity index (χ0) is 15.8. The monoisotopic (exact) mass is 327 g/mol. The van der Waals surface area contributed by atoms with E-state index in [-0.39, 0.29) is 11.9 Å². The maximum atomic E-state index is 12.1. The Balaban J connectivity index is 1.54. The number of thioether (sulfide) groups is 1. The number of amides is 3. The zero-order valence-corrected chi connectivity index (χ0v) is 14.4. The molecule has 0 bridgehead atoms. The summed E-state index contributed by atoms with van der Waals surface area (Å²) in [5.74, 6) is 1.26. The van der Waals surface area contributed by atoms with Gasteiger partial charge in [0, 0.05) is 43.1 Å². The van der Waals surface area contributed by atoms with Gasteiger partial charge < -0.3 is 15.5 Å². The van der Waals surface area contributed by atoms with Crippen molar-refractivity contribution >= 4 is 23.7 Å². The van der Waals surface area contributed by atoms with Crippen LogP contribution in [0.15, 0.2) is 0 Å². The molecule has 2 fully saturated rings. The summed E-state index contributed by atoms with van der Waals surface area (Å²) < 4.78 is 0. The number of carbonyl (C=O) groups excluding carboxylic acids is 2. The fourth-order valence-corrected chi connectivity index (χ4v) is 4.14. The second kappa shape index (κ2) is 9.28. The number of nitrogens with zero attached hydrogens (tertiary/aromatic N) is 1. The number of carbonyl (C=O) groups is 2. The molecule has 2 aliphatic rings. The molecule has 2 N–H and O–H groups in total. The lowest BCUT2D eigenvalue weighted by Gasteiger charge is -2.30. The van der Waals surface area contributed by atoms with Gasteiger partial charge in [0.2, 0.25) is 5.91 Å². The molecule has 0 aromatic heterocycles. The maximum absolute atomic E-state index is 12.1. The van der Waals surface area contributed by atoms with Crippen molar-refractivity contribution in [1.82, 2.24) is 15.5 Å². The largest absolute Gasteiger partial charge is 0.341 e. The van der Waals surface area contributed by atoms with E-state index in [9.17, 15) is 9.59 Å². The van der Waals surface area contributed by atoms with Crippen LogP contribution in [0.2, 0.25) is 0 Å². The molecule has 126 valence electrons. The molecular formula is C16H29N3O2S. The first-order valence-corrected chi connectivity index (χ1v) is 9.64. The maximum Gasteiger partial charge on any atom is 0.315 e. The lowest BCUT2D eigenvalue weighted by atomic mass is 9.96. The zero-order valence-electron chi connectivity index (χ0n) is 13.6. The van der Waals surface area contributed by atoms with Gasteiger partial charge in [0.05, 0.1) is 0 Å². The van der Waals surface area contributed by atoms with E-state index in [4.69, 9.17) is 0 Å². The van der Waals surface area contributed by atoms with Crippen molar-refractivity contribution in [1.29, 1.82) is 0 Å². The van der Waals surface area contributed by atoms with Gasteiger partial charge in [-0.1, -0.05) is 26.2 Å². The second-order valence-electron chi connectivity index (χ2n) is 6.36. The molecule has 1 aliphatic heterocycles. The van der Waals surface area contributed by atoms with Crippen molar-refractivity contribution in [2.24, 2.45) is 0 Å². The number of hydrogen-bond acceptors (Lipinski definition) is 3. The van der Waals surface area contributed by atoms with E-state index in [0.717, 1.165) is 38.1 Å². The van der Waals surface area contributed by atoms with E-state index in [2.05, 4.69) is 17.6 Å². The number of nitrogens with one attached hydrogen (secondary N) is 2. The van der Waals surface area contributed by atoms with Crippen molar-refractivity contribution < 1.29 is 9.59 Å². The summed E-state index contributed by atoms with van der Waals surface area (Å²) in [6, 6.07) is 0.255. The Morgan fingerprint density at radius 1 is 1.23 bits per heavy atom. The minimum Gasteiger partial charge on any atom is -0.341 e. The average Bonchev–Trinajstić information content (AvgIpc) is 2.52. The Bertz CT molecular complexity index is 372. The van der Waals surface area contributed by atoms with Crippen LogP contribution in [0.5, 0.6) is 0 Å². The number of urea groups is 1. The Labute approximate surface area is 138 Å². The number of hydrogen-bond donors (Lipinski definition) is 2. The van der Waals surface area contributed by atoms with Crippen LogP contribution in [0, 0.1) is 0 Å². The van der Waals surface area contributed by atoms with Crippen LogP contribution < -0.4 is 10.6 Å². The summed E-state index contributed by atoms with van der Waals surface area (Å²) in [7, 11) is 0. The number of rotatable bonds is 5. The summed E-state index contributed by atoms with van der Waals surface area (Å²) >= 11 is 1.93. The van der Waals surface area contributed by atoms with Crippen molar-refractivity contribution in [3.05, 3.63) is 0 Å². The smallest absolute Gasteiger partial charge is 0.315 e. The fraction of sp³-hybridized carbons (Fsp3) is 0.875. The third-order valence-corrected chi connectivity index (χ3v) is 5.52. The van der Waals surface area contributed by atoms with Crippen LogP contribution in [0.1, 0.15) is 51.9 Å². The van der Waals surface area contributed by atoms with Crippen molar-refractivity contribution in [2.45, 2.75) is 63.2 Å². The molecule has 22 heavy (non-hydrogen) atoms. The summed E-state index contributed by atoms with van der Waals surface area (Å²) in [5, 5.41) is 6.44. The van der Waals surface area contributed by atoms with Gasteiger partial charge in [-0.15, -0.1) is 0 Å². The quantitative estimate of drug-likeness (QED) is 0.762. The van der Waals surface area contributed by atoms with Crippen molar-refractivity contribution in [2.75, 3.05) is 25.4 Å². The first-order chi connectivity index (χ1) is 10.6. The van der Waals surface area contributed by atoms with Crippen LogP contribution in [0.3, 0.4) is 0 Å². The minimum atomic E-state index is -0.0812. The third kappa shape index (κ3) is 6.07. The van der Waals surface area contributed by atoms with Gasteiger partial charge in [-0.25, -0.2) is 4.79 Å². The molecule has 1 heterocycles. The fourth-order valence-electron chi connectivity index (χ4n) is 3.13. The molecule has 1 saturated heterocycles. The highest BCUT2D eigenvalue weighted by Gasteiger charge is 2.20. The second-order valence-corrected chi connectivity index (χ2v) is 7.91. The van der Waals surface area contributed by atoms with Gasteiger partial charge in [-0.2, -0.15) is 11.8 Å². The predicted octanol–water partition coefficient (Wildman–Crippen LogP) is 2.36. The molecule has 2 rings (SSSR count). The molecule has 1 aliphatic carbocycles. The lowest BCUT2D eigenvalue weighted by molar-refractivity contribution is -0.131. The van der Waals surface area contributed by atoms with Crippen molar-refractivity contribution in [3.8, 4) is 0 Å². The lowest BCUT2D eigenvalue weighted by Crippen LogP contribution is -2.43. The Morgan fingerprint density at radius 2 is 2.00 bits per heavy atom. The predicted molar refractivity (Wildman–Crippen MR) is 91.1 cm³/mol. The van der Waals surface area contributed by atoms with E-state index in [1.54, 1.807) is 0 Å². The van der Waals surface area contributed by atoms with E-state index in [0.29, 0.717) is 24.3 Å². The van der Waals surface area contributed by atoms with Crippen LogP contribution in [-0.2, 0) is 4.79 Å². The summed E-state index contributed by atoms with van der Waals surface area (Å²) in [6.07, 6.45) is 7.15. The molecule has 3 amide bonds. The highest BCUT2D eigenvalue weighted by atomic mass is 32.2. The Hall–Kier alpha value is -0.910. The van der Waals surface area contributed by atoms with Gasteiger partial charge in [0.1, 0.15) is 0 Å². The van der Waals surface area contributed by atoms with E-state index >= 15 is 0 Å². The SMILES string of the molecule is CC1CN(C(=O)CCCNC(=O)NC2CCCCC2)CCS1. The average molecular weight is 327 g/mol. The molecule has 0 radical (unpaired) electrons. The highest BCUT2D eigenvalue weighted by molar-refractivity contribution is 7.99. The van der Waals surface area contributed by atoms with Crippen LogP contribution in [0.25, 0.3) is 0 Å². The molecule has 1 unspecified atom stereocenters. The van der Waals surface area contributed by atoms with Crippen LogP contribution >= 0.6 is 11.8 Å². The molecule has 0 spiro atoms. The van der Waals surface area contributed by atoms with Gasteiger partial charge in [-0.3, -0.25) is 4.79 Å². The summed E-state index contributed by atoms with van der Waals surface area (Å²) in [5.41, 5.74) is 0. The third-order valence-electron chi connectivity index (χ3n) is 4.39. The topological polar surface area (TPSA) is 61.4 Å². The van der Waals surface area contributed by atoms with Gasteiger partial charge in [-0.05, 0) is 19.3 Å². The first-order valence-electron chi connectivity index (χ1n) is 8.59. The Kier molecular flexibility index (Phi) is 7.36. The van der Waals surface area contributed by atoms with E-state index in [1.165, 1.54) is 19.3 Å². The summed E-state index contributed by atoms with van der Waals surface area (Å²) in [4.78, 5) is 25.8. The Morgan fingerprint density at radius 3 is 2.73 bits per heavy atom. The summed E-state index contributed by atoms with van der Waals surface area (Å²) in [6.45, 7) is 4.46. The molecule has 6 heteroatoms. The van der Waals surface area contributed by atoms with Gasteiger partial charge in [0.25, 0.3) is 0 Å². The minimum absolute atomic E-state index is 0.0812. The van der Waals surface area contributed by atoms with Gasteiger partial charge in [0.15, 0.2) is 0 Å². The molecule has 5 nitrogen and oxygen atoms in total. The standard InChI is InChI=1S/C16H29N3O2S/c1-13-12-19(10-11-22-13)15(20)8-5-9-17-16(21)18-14-6-3-2-4-7-14/h13-14H,2-12H2,1H3,(H2,17,18,21). The molecule has 0 aromatic rings. The highest BCUT2D eigenvalue weighted by Crippen LogP contribution is 2.18. The first kappa shape index (κ1) is 17.4. The van der Waals surface area contributed by atoms with E-state index < -0.39 is 0 Å². The molecule has 1 atom stereocenters. The molecule has 0 aromatic carbocycles. The van der Waals surface area contributed by atoms with Crippen LogP contribution in [0.4, 0.5) is 4.79 Å². The normalized spacial score (nSPS) is 23.1. The molecule has 1 saturated carbocycles.